The van der Waals surface area contributed by atoms with Gasteiger partial charge in [0.05, 0.1) is 11.5 Å². The molecule has 0 aliphatic rings. The number of carbonyl (C=O) groups excluding carboxylic acids is 1. The van der Waals surface area contributed by atoms with Gasteiger partial charge in [-0.25, -0.2) is 9.00 Å². The van der Waals surface area contributed by atoms with E-state index in [2.05, 4.69) is 0 Å². The summed E-state index contributed by atoms with van der Waals surface area (Å²) in [6, 6.07) is 4.72. The molecule has 0 aliphatic heterocycles. The first-order valence-corrected chi connectivity index (χ1v) is 6.15. The Hall–Kier alpha value is -1.40. The second-order valence-electron chi connectivity index (χ2n) is 3.27. The van der Waals surface area contributed by atoms with Crippen LogP contribution in [0.4, 0.5) is 0 Å². The highest BCUT2D eigenvalue weighted by Crippen LogP contribution is 2.19. The Balaban J connectivity index is 2.69. The first-order valence-electron chi connectivity index (χ1n) is 5.04. The van der Waals surface area contributed by atoms with Crippen molar-refractivity contribution in [3.8, 4) is 5.75 Å². The topological polar surface area (TPSA) is 72.8 Å². The van der Waals surface area contributed by atoms with Gasteiger partial charge in [-0.2, -0.15) is 0 Å². The molecule has 0 fully saturated rings. The minimum absolute atomic E-state index is 0.214. The van der Waals surface area contributed by atoms with E-state index in [1.54, 1.807) is 26.0 Å². The number of esters is 1. The number of benzene rings is 1. The van der Waals surface area contributed by atoms with Gasteiger partial charge in [0.25, 0.3) is 0 Å². The van der Waals surface area contributed by atoms with E-state index in [0.717, 1.165) is 0 Å². The second-order valence-corrected chi connectivity index (χ2v) is 4.21. The van der Waals surface area contributed by atoms with Gasteiger partial charge in [0.1, 0.15) is 5.75 Å². The predicted octanol–water partition coefficient (Wildman–Crippen LogP) is 1.52. The summed E-state index contributed by atoms with van der Waals surface area (Å²) in [5, 5.41) is 0. The van der Waals surface area contributed by atoms with Crippen molar-refractivity contribution in [2.24, 2.45) is 0 Å². The van der Waals surface area contributed by atoms with Crippen molar-refractivity contribution in [3.63, 3.8) is 0 Å². The van der Waals surface area contributed by atoms with Crippen molar-refractivity contribution in [2.45, 2.75) is 18.7 Å². The maximum absolute atomic E-state index is 11.0. The van der Waals surface area contributed by atoms with Crippen molar-refractivity contribution in [1.29, 1.82) is 0 Å². The van der Waals surface area contributed by atoms with E-state index in [1.165, 1.54) is 6.07 Å². The van der Waals surface area contributed by atoms with Gasteiger partial charge in [-0.05, 0) is 31.5 Å². The molecule has 0 aromatic heterocycles. The highest BCUT2D eigenvalue weighted by atomic mass is 32.2. The Kier molecular flexibility index (Phi) is 5.11. The van der Waals surface area contributed by atoms with E-state index in [9.17, 15) is 9.00 Å². The zero-order valence-electron chi connectivity index (χ0n) is 9.63. The summed E-state index contributed by atoms with van der Waals surface area (Å²) in [6.45, 7) is 3.51. The molecule has 5 nitrogen and oxygen atoms in total. The first-order chi connectivity index (χ1) is 8.04. The Bertz CT molecular complexity index is 430. The van der Waals surface area contributed by atoms with Crippen LogP contribution in [0, 0.1) is 6.92 Å². The number of hydrogen-bond donors (Lipinski definition) is 1. The van der Waals surface area contributed by atoms with Gasteiger partial charge in [0.15, 0.2) is 17.7 Å². The van der Waals surface area contributed by atoms with E-state index in [0.29, 0.717) is 17.9 Å². The van der Waals surface area contributed by atoms with E-state index >= 15 is 0 Å². The monoisotopic (exact) mass is 258 g/mol. The molecule has 0 saturated heterocycles. The third-order valence-electron chi connectivity index (χ3n) is 2.01. The van der Waals surface area contributed by atoms with Crippen LogP contribution in [-0.4, -0.2) is 27.9 Å². The fraction of sp³-hybridized carbons (Fsp3) is 0.364. The highest BCUT2D eigenvalue weighted by molar-refractivity contribution is 7.79. The summed E-state index contributed by atoms with van der Waals surface area (Å²) in [6.07, 6.45) is 0. The third-order valence-corrected chi connectivity index (χ3v) is 2.83. The van der Waals surface area contributed by atoms with Crippen LogP contribution in [0.3, 0.4) is 0 Å². The molecule has 1 aromatic carbocycles. The van der Waals surface area contributed by atoms with Crippen molar-refractivity contribution < 1.29 is 23.0 Å². The molecule has 0 bridgehead atoms. The van der Waals surface area contributed by atoms with Crippen molar-refractivity contribution in [3.05, 3.63) is 23.8 Å². The van der Waals surface area contributed by atoms with Crippen LogP contribution in [0.1, 0.15) is 12.5 Å². The number of hydrogen-bond acceptors (Lipinski definition) is 4. The second kappa shape index (κ2) is 6.36. The molecule has 0 amide bonds. The number of ether oxygens (including phenoxy) is 2. The Labute approximate surface area is 102 Å². The third kappa shape index (κ3) is 4.16. The lowest BCUT2D eigenvalue weighted by molar-refractivity contribution is -0.145. The molecule has 17 heavy (non-hydrogen) atoms. The molecule has 0 heterocycles. The van der Waals surface area contributed by atoms with E-state index in [-0.39, 0.29) is 11.5 Å². The molecule has 6 heteroatoms. The van der Waals surface area contributed by atoms with Gasteiger partial charge in [0.2, 0.25) is 0 Å². The van der Waals surface area contributed by atoms with Crippen LogP contribution < -0.4 is 4.74 Å². The summed E-state index contributed by atoms with van der Waals surface area (Å²) >= 11 is -2.06. The lowest BCUT2D eigenvalue weighted by Crippen LogP contribution is -2.14. The maximum atomic E-state index is 11.0. The summed E-state index contributed by atoms with van der Waals surface area (Å²) in [7, 11) is 0. The lowest BCUT2D eigenvalue weighted by atomic mass is 10.2. The molecular formula is C11H14O5S. The van der Waals surface area contributed by atoms with Crippen molar-refractivity contribution >= 4 is 17.0 Å². The van der Waals surface area contributed by atoms with Gasteiger partial charge in [-0.3, -0.25) is 0 Å². The van der Waals surface area contributed by atoms with Gasteiger partial charge < -0.3 is 14.0 Å². The van der Waals surface area contributed by atoms with Crippen LogP contribution in [-0.2, 0) is 20.6 Å². The number of rotatable bonds is 5. The van der Waals surface area contributed by atoms with Crippen molar-refractivity contribution in [1.82, 2.24) is 0 Å². The average Bonchev–Trinajstić information content (AvgIpc) is 2.28. The van der Waals surface area contributed by atoms with E-state index in [4.69, 9.17) is 14.0 Å². The normalized spacial score (nSPS) is 11.9. The summed E-state index contributed by atoms with van der Waals surface area (Å²) < 4.78 is 29.8. The largest absolute Gasteiger partial charge is 0.482 e. The fourth-order valence-corrected chi connectivity index (χ4v) is 1.76. The van der Waals surface area contributed by atoms with Gasteiger partial charge in [-0.1, -0.05) is 6.07 Å². The minimum atomic E-state index is -2.06. The van der Waals surface area contributed by atoms with E-state index in [1.807, 2.05) is 0 Å². The Morgan fingerprint density at radius 1 is 1.47 bits per heavy atom. The lowest BCUT2D eigenvalue weighted by Gasteiger charge is -2.08. The highest BCUT2D eigenvalue weighted by Gasteiger charge is 2.08. The molecular weight excluding hydrogens is 244 g/mol. The number of aryl methyl sites for hydroxylation is 1. The van der Waals surface area contributed by atoms with Gasteiger partial charge >= 0.3 is 5.97 Å². The van der Waals surface area contributed by atoms with E-state index < -0.39 is 17.0 Å². The Morgan fingerprint density at radius 2 is 2.18 bits per heavy atom. The SMILES string of the molecule is CCOC(=O)COc1ccc(C)c(S(=O)O)c1. The molecule has 1 N–H and O–H groups in total. The van der Waals surface area contributed by atoms with Gasteiger partial charge in [-0.15, -0.1) is 0 Å². The summed E-state index contributed by atoms with van der Waals surface area (Å²) in [4.78, 5) is 11.3. The fourth-order valence-electron chi connectivity index (χ4n) is 1.20. The van der Waals surface area contributed by atoms with Crippen LogP contribution >= 0.6 is 0 Å². The molecule has 1 unspecified atom stereocenters. The maximum Gasteiger partial charge on any atom is 0.344 e. The zero-order chi connectivity index (χ0) is 12.8. The summed E-state index contributed by atoms with van der Waals surface area (Å²) in [5.41, 5.74) is 0.689. The van der Waals surface area contributed by atoms with Crippen LogP contribution in [0.5, 0.6) is 5.75 Å². The molecule has 0 radical (unpaired) electrons. The molecule has 0 saturated carbocycles. The molecule has 0 spiro atoms. The molecule has 94 valence electrons. The molecule has 1 aromatic rings. The van der Waals surface area contributed by atoms with Crippen LogP contribution in [0.2, 0.25) is 0 Å². The Morgan fingerprint density at radius 3 is 2.76 bits per heavy atom. The molecule has 0 aliphatic carbocycles. The zero-order valence-corrected chi connectivity index (χ0v) is 10.5. The number of carbonyl (C=O) groups is 1. The standard InChI is InChI=1S/C11H14O5S/c1-3-15-11(12)7-16-9-5-4-8(2)10(6-9)17(13)14/h4-6H,3,7H2,1-2H3,(H,13,14). The first kappa shape index (κ1) is 13.7. The van der Waals surface area contributed by atoms with Crippen molar-refractivity contribution in [2.75, 3.05) is 13.2 Å². The average molecular weight is 258 g/mol. The minimum Gasteiger partial charge on any atom is -0.482 e. The van der Waals surface area contributed by atoms with Gasteiger partial charge in [0, 0.05) is 0 Å². The molecule has 1 atom stereocenters. The quantitative estimate of drug-likeness (QED) is 0.640. The summed E-state index contributed by atoms with van der Waals surface area (Å²) in [5.74, 6) is -0.110. The van der Waals surface area contributed by atoms with Crippen LogP contribution in [0.25, 0.3) is 0 Å². The van der Waals surface area contributed by atoms with Crippen LogP contribution in [0.15, 0.2) is 23.1 Å². The smallest absolute Gasteiger partial charge is 0.344 e. The predicted molar refractivity (Wildman–Crippen MR) is 62.3 cm³/mol. The molecule has 1 rings (SSSR count).